The molecule has 1 fully saturated rings. The van der Waals surface area contributed by atoms with E-state index < -0.39 is 7.71 Å². The molecular weight excluding hydrogens is 248 g/mol. The van der Waals surface area contributed by atoms with E-state index in [4.69, 9.17) is 30.7 Å². The summed E-state index contributed by atoms with van der Waals surface area (Å²) in [4.78, 5) is 0. The molecular formula is C10H20O2S3. The first-order valence-electron chi connectivity index (χ1n) is 5.74. The highest BCUT2D eigenvalue weighted by Gasteiger charge is 2.03. The van der Waals surface area contributed by atoms with E-state index in [1.165, 1.54) is 38.5 Å². The Morgan fingerprint density at radius 2 is 0.933 bits per heavy atom. The Balaban J connectivity index is 2.31. The van der Waals surface area contributed by atoms with Crippen LogP contribution in [0.4, 0.5) is 0 Å². The van der Waals surface area contributed by atoms with Crippen LogP contribution >= 0.6 is 0 Å². The van der Waals surface area contributed by atoms with E-state index in [2.05, 4.69) is 0 Å². The maximum absolute atomic E-state index is 5.43. The summed E-state index contributed by atoms with van der Waals surface area (Å²) in [7, 11) is -2.06. The molecule has 0 spiro atoms. The molecule has 0 aromatic heterocycles. The predicted octanol–water partition coefficient (Wildman–Crippen LogP) is 3.06. The predicted molar refractivity (Wildman–Crippen MR) is 70.9 cm³/mol. The van der Waals surface area contributed by atoms with E-state index >= 15 is 0 Å². The summed E-state index contributed by atoms with van der Waals surface area (Å²) in [6.07, 6.45) is 9.88. The van der Waals surface area contributed by atoms with Crippen molar-refractivity contribution in [1.29, 1.82) is 0 Å². The van der Waals surface area contributed by atoms with Gasteiger partial charge in [-0.25, -0.2) is 0 Å². The minimum absolute atomic E-state index is 0.669. The second-order valence-electron chi connectivity index (χ2n) is 3.88. The van der Waals surface area contributed by atoms with Crippen molar-refractivity contribution in [2.75, 3.05) is 13.2 Å². The fourth-order valence-corrected chi connectivity index (χ4v) is 3.15. The lowest BCUT2D eigenvalue weighted by molar-refractivity contribution is 0.267. The van der Waals surface area contributed by atoms with Crippen molar-refractivity contribution in [3.8, 4) is 0 Å². The largest absolute Gasteiger partial charge is 0.290 e. The smallest absolute Gasteiger partial charge is 0.137 e. The van der Waals surface area contributed by atoms with Gasteiger partial charge in [0.2, 0.25) is 0 Å². The molecule has 2 nitrogen and oxygen atoms in total. The molecule has 0 saturated carbocycles. The van der Waals surface area contributed by atoms with Crippen molar-refractivity contribution in [3.05, 3.63) is 0 Å². The highest BCUT2D eigenvalue weighted by Crippen LogP contribution is 2.11. The molecule has 0 unspecified atom stereocenters. The van der Waals surface area contributed by atoms with Crippen LogP contribution in [0.25, 0.3) is 0 Å². The molecule has 0 bridgehead atoms. The monoisotopic (exact) mass is 268 g/mol. The van der Waals surface area contributed by atoms with Crippen LogP contribution in [0.2, 0.25) is 0 Å². The zero-order chi connectivity index (χ0) is 11.0. The molecule has 1 rings (SSSR count). The third-order valence-electron chi connectivity index (χ3n) is 2.49. The van der Waals surface area contributed by atoms with Crippen LogP contribution in [0.1, 0.15) is 51.4 Å². The van der Waals surface area contributed by atoms with Crippen molar-refractivity contribution in [2.24, 2.45) is 0 Å². The van der Waals surface area contributed by atoms with Crippen LogP contribution in [0, 0.1) is 0 Å². The Morgan fingerprint density at radius 1 is 0.600 bits per heavy atom. The van der Waals surface area contributed by atoms with Gasteiger partial charge in [0.15, 0.2) is 0 Å². The van der Waals surface area contributed by atoms with E-state index in [9.17, 15) is 0 Å². The van der Waals surface area contributed by atoms with Crippen LogP contribution in [0.15, 0.2) is 0 Å². The van der Waals surface area contributed by atoms with Crippen molar-refractivity contribution >= 4 is 30.1 Å². The summed E-state index contributed by atoms with van der Waals surface area (Å²) in [6.45, 7) is 1.34. The fourth-order valence-electron chi connectivity index (χ4n) is 1.62. The average Bonchev–Trinajstić information content (AvgIpc) is 2.20. The molecule has 0 aromatic rings. The van der Waals surface area contributed by atoms with Crippen molar-refractivity contribution in [3.63, 3.8) is 0 Å². The van der Waals surface area contributed by atoms with Gasteiger partial charge in [-0.3, -0.25) is 8.37 Å². The lowest BCUT2D eigenvalue weighted by Gasteiger charge is -2.11. The number of hydrogen-bond acceptors (Lipinski definition) is 4. The zero-order valence-corrected chi connectivity index (χ0v) is 11.6. The van der Waals surface area contributed by atoms with Gasteiger partial charge in [-0.05, 0) is 12.8 Å². The van der Waals surface area contributed by atoms with Crippen molar-refractivity contribution in [1.82, 2.24) is 0 Å². The number of hydrogen-bond donors (Lipinski definition) is 0. The Labute approximate surface area is 103 Å². The van der Waals surface area contributed by atoms with Gasteiger partial charge in [-0.1, -0.05) is 38.5 Å². The van der Waals surface area contributed by atoms with Crippen LogP contribution in [-0.2, 0) is 38.5 Å². The second-order valence-corrected chi connectivity index (χ2v) is 8.43. The van der Waals surface area contributed by atoms with Crippen LogP contribution < -0.4 is 0 Å². The highest BCUT2D eigenvalue weighted by atomic mass is 33.1. The topological polar surface area (TPSA) is 18.5 Å². The molecule has 1 saturated heterocycles. The average molecular weight is 268 g/mol. The third-order valence-corrected chi connectivity index (χ3v) is 4.56. The maximum atomic E-state index is 5.43. The van der Waals surface area contributed by atoms with E-state index in [1.807, 2.05) is 0 Å². The molecule has 0 N–H and O–H groups in total. The first-order valence-corrected chi connectivity index (χ1v) is 9.08. The van der Waals surface area contributed by atoms with E-state index in [1.54, 1.807) is 0 Å². The van der Waals surface area contributed by atoms with Gasteiger partial charge in [0.25, 0.3) is 0 Å². The lowest BCUT2D eigenvalue weighted by Crippen LogP contribution is -2.09. The Morgan fingerprint density at radius 3 is 1.33 bits per heavy atom. The molecule has 5 heteroatoms. The summed E-state index contributed by atoms with van der Waals surface area (Å²) >= 11 is 10.2. The number of rotatable bonds is 0. The molecule has 0 atom stereocenters. The Kier molecular flexibility index (Phi) is 7.25. The molecule has 1 aliphatic heterocycles. The zero-order valence-electron chi connectivity index (χ0n) is 9.11. The quantitative estimate of drug-likeness (QED) is 0.672. The van der Waals surface area contributed by atoms with Crippen LogP contribution in [-0.4, -0.2) is 13.2 Å². The molecule has 0 radical (unpaired) electrons. The van der Waals surface area contributed by atoms with E-state index in [-0.39, 0.29) is 0 Å². The first-order chi connectivity index (χ1) is 7.21. The SMILES string of the molecule is S=S1(=S)OCCCCCCCCCCO1. The molecule has 0 aromatic carbocycles. The first kappa shape index (κ1) is 13.8. The summed E-state index contributed by atoms with van der Waals surface area (Å²) < 4.78 is 10.9. The summed E-state index contributed by atoms with van der Waals surface area (Å²) in [6, 6.07) is 0. The van der Waals surface area contributed by atoms with Crippen molar-refractivity contribution in [2.45, 2.75) is 51.4 Å². The summed E-state index contributed by atoms with van der Waals surface area (Å²) in [5, 5.41) is 0. The fraction of sp³-hybridized carbons (Fsp3) is 1.00. The minimum atomic E-state index is -2.06. The second kappa shape index (κ2) is 7.90. The van der Waals surface area contributed by atoms with E-state index in [0.29, 0.717) is 13.2 Å². The molecule has 1 aliphatic rings. The highest BCUT2D eigenvalue weighted by molar-refractivity contribution is 8.51. The molecule has 15 heavy (non-hydrogen) atoms. The Hall–Kier alpha value is 0.710. The molecule has 90 valence electrons. The van der Waals surface area contributed by atoms with Crippen molar-refractivity contribution < 1.29 is 8.37 Å². The van der Waals surface area contributed by atoms with Gasteiger partial charge < -0.3 is 0 Å². The minimum Gasteiger partial charge on any atom is -0.290 e. The molecule has 0 amide bonds. The Bertz CT molecular complexity index is 229. The van der Waals surface area contributed by atoms with Gasteiger partial charge in [-0.2, -0.15) is 0 Å². The van der Waals surface area contributed by atoms with Crippen LogP contribution in [0.5, 0.6) is 0 Å². The van der Waals surface area contributed by atoms with Gasteiger partial charge >= 0.3 is 0 Å². The van der Waals surface area contributed by atoms with Gasteiger partial charge in [0.1, 0.15) is 7.71 Å². The molecule has 1 heterocycles. The van der Waals surface area contributed by atoms with Gasteiger partial charge in [-0.15, -0.1) is 0 Å². The van der Waals surface area contributed by atoms with Gasteiger partial charge in [0.05, 0.1) is 13.2 Å². The van der Waals surface area contributed by atoms with Gasteiger partial charge in [0, 0.05) is 22.4 Å². The normalized spacial score (nSPS) is 25.9. The maximum Gasteiger partial charge on any atom is 0.137 e. The lowest BCUT2D eigenvalue weighted by atomic mass is 10.1. The standard InChI is InChI=1S/C10H20O2S3/c13-15(14)11-9-7-5-3-1-2-4-6-8-10-12-15/h1-10H2. The van der Waals surface area contributed by atoms with Crippen LogP contribution in [0.3, 0.4) is 0 Å². The summed E-state index contributed by atoms with van der Waals surface area (Å²) in [5.41, 5.74) is 0. The summed E-state index contributed by atoms with van der Waals surface area (Å²) in [5.74, 6) is 0. The third kappa shape index (κ3) is 7.58. The molecule has 0 aliphatic carbocycles. The van der Waals surface area contributed by atoms with E-state index in [0.717, 1.165) is 12.8 Å².